The van der Waals surface area contributed by atoms with Crippen molar-refractivity contribution in [3.63, 3.8) is 0 Å². The number of alkyl halides is 3. The number of thiazole rings is 1. The van der Waals surface area contributed by atoms with Crippen LogP contribution in [0.3, 0.4) is 0 Å². The molecule has 1 rings (SSSR count). The van der Waals surface area contributed by atoms with Crippen LogP contribution in [0.4, 0.5) is 18.3 Å². The number of nitrogens with one attached hydrogen (secondary N) is 1. The van der Waals surface area contributed by atoms with E-state index in [2.05, 4.69) is 10.3 Å². The van der Waals surface area contributed by atoms with Crippen molar-refractivity contribution in [2.75, 3.05) is 25.0 Å². The molecule has 0 aromatic carbocycles. The van der Waals surface area contributed by atoms with Crippen LogP contribution in [0.25, 0.3) is 0 Å². The smallest absolute Gasteiger partial charge is 0.339 e. The monoisotopic (exact) mass is 267 g/mol. The van der Waals surface area contributed by atoms with Gasteiger partial charge in [-0.3, -0.25) is 0 Å². The minimum absolute atomic E-state index is 0.367. The lowest BCUT2D eigenvalue weighted by Crippen LogP contribution is -2.34. The van der Waals surface area contributed by atoms with Crippen molar-refractivity contribution in [3.05, 3.63) is 11.1 Å². The van der Waals surface area contributed by atoms with Crippen LogP contribution in [0.15, 0.2) is 6.20 Å². The van der Waals surface area contributed by atoms with Gasteiger partial charge in [-0.2, -0.15) is 13.2 Å². The number of hydrogen-bond acceptors (Lipinski definition) is 4. The van der Waals surface area contributed by atoms with E-state index in [9.17, 15) is 13.2 Å². The van der Waals surface area contributed by atoms with E-state index in [4.69, 9.17) is 0 Å². The average molecular weight is 267 g/mol. The van der Waals surface area contributed by atoms with Gasteiger partial charge in [-0.15, -0.1) is 11.3 Å². The SMILES string of the molecule is CCCN(CC(F)(F)F)c1ncc(CNC)s1. The van der Waals surface area contributed by atoms with Crippen molar-refractivity contribution in [2.24, 2.45) is 0 Å². The summed E-state index contributed by atoms with van der Waals surface area (Å²) in [5.41, 5.74) is 0. The number of halogens is 3. The van der Waals surface area contributed by atoms with E-state index in [0.717, 1.165) is 4.88 Å². The minimum atomic E-state index is -4.19. The number of rotatable bonds is 6. The maximum atomic E-state index is 12.4. The van der Waals surface area contributed by atoms with Crippen molar-refractivity contribution in [1.82, 2.24) is 10.3 Å². The van der Waals surface area contributed by atoms with Crippen molar-refractivity contribution >= 4 is 16.5 Å². The van der Waals surface area contributed by atoms with Gasteiger partial charge in [0.25, 0.3) is 0 Å². The Morgan fingerprint density at radius 2 is 2.18 bits per heavy atom. The predicted octanol–water partition coefficient (Wildman–Crippen LogP) is 2.64. The molecular weight excluding hydrogens is 251 g/mol. The Bertz CT molecular complexity index is 338. The van der Waals surface area contributed by atoms with Crippen molar-refractivity contribution in [2.45, 2.75) is 26.1 Å². The van der Waals surface area contributed by atoms with Gasteiger partial charge >= 0.3 is 6.18 Å². The quantitative estimate of drug-likeness (QED) is 0.859. The summed E-state index contributed by atoms with van der Waals surface area (Å²) in [5.74, 6) is 0. The van der Waals surface area contributed by atoms with Crippen LogP contribution in [0.5, 0.6) is 0 Å². The summed E-state index contributed by atoms with van der Waals surface area (Å²) in [4.78, 5) is 6.26. The first-order valence-electron chi connectivity index (χ1n) is 5.37. The fourth-order valence-electron chi connectivity index (χ4n) is 1.43. The molecule has 0 atom stereocenters. The zero-order valence-corrected chi connectivity index (χ0v) is 10.7. The summed E-state index contributed by atoms with van der Waals surface area (Å²) in [6.07, 6.45) is -1.91. The molecule has 1 heterocycles. The summed E-state index contributed by atoms with van der Waals surface area (Å²) >= 11 is 1.30. The van der Waals surface area contributed by atoms with Gasteiger partial charge in [-0.05, 0) is 13.5 Å². The topological polar surface area (TPSA) is 28.2 Å². The average Bonchev–Trinajstić information content (AvgIpc) is 2.64. The third-order valence-corrected chi connectivity index (χ3v) is 3.08. The molecule has 1 N–H and O–H groups in total. The van der Waals surface area contributed by atoms with Crippen LogP contribution in [0.2, 0.25) is 0 Å². The Labute approximate surface area is 103 Å². The molecule has 0 amide bonds. The maximum absolute atomic E-state index is 12.4. The second-order valence-corrected chi connectivity index (χ2v) is 4.77. The molecule has 98 valence electrons. The Hall–Kier alpha value is -0.820. The summed E-state index contributed by atoms with van der Waals surface area (Å²) in [6, 6.07) is 0. The van der Waals surface area contributed by atoms with Crippen LogP contribution < -0.4 is 10.2 Å². The van der Waals surface area contributed by atoms with E-state index in [1.165, 1.54) is 16.2 Å². The molecule has 0 aliphatic heterocycles. The second kappa shape index (κ2) is 6.20. The van der Waals surface area contributed by atoms with Gasteiger partial charge in [-0.25, -0.2) is 4.98 Å². The van der Waals surface area contributed by atoms with Gasteiger partial charge in [0.2, 0.25) is 0 Å². The molecule has 3 nitrogen and oxygen atoms in total. The molecule has 0 unspecified atom stereocenters. The van der Waals surface area contributed by atoms with Crippen molar-refractivity contribution in [1.29, 1.82) is 0 Å². The Balaban J connectivity index is 2.74. The van der Waals surface area contributed by atoms with Crippen LogP contribution in [-0.4, -0.2) is 31.3 Å². The normalized spacial score (nSPS) is 11.8. The fraction of sp³-hybridized carbons (Fsp3) is 0.700. The van der Waals surface area contributed by atoms with Gasteiger partial charge in [0.05, 0.1) is 0 Å². The number of anilines is 1. The molecule has 1 aromatic heterocycles. The first-order valence-corrected chi connectivity index (χ1v) is 6.19. The molecule has 0 aliphatic carbocycles. The molecule has 1 aromatic rings. The van der Waals surface area contributed by atoms with Gasteiger partial charge < -0.3 is 10.2 Å². The Morgan fingerprint density at radius 1 is 1.47 bits per heavy atom. The highest BCUT2D eigenvalue weighted by atomic mass is 32.1. The van der Waals surface area contributed by atoms with E-state index in [-0.39, 0.29) is 0 Å². The molecule has 17 heavy (non-hydrogen) atoms. The Morgan fingerprint density at radius 3 is 2.71 bits per heavy atom. The van der Waals surface area contributed by atoms with Gasteiger partial charge in [-0.1, -0.05) is 6.92 Å². The minimum Gasteiger partial charge on any atom is -0.339 e. The molecule has 0 saturated carbocycles. The Kier molecular flexibility index (Phi) is 5.20. The van der Waals surface area contributed by atoms with E-state index in [1.54, 1.807) is 13.2 Å². The summed E-state index contributed by atoms with van der Waals surface area (Å²) in [7, 11) is 1.79. The summed E-state index contributed by atoms with van der Waals surface area (Å²) < 4.78 is 37.2. The lowest BCUT2D eigenvalue weighted by Gasteiger charge is -2.22. The third-order valence-electron chi connectivity index (χ3n) is 2.03. The predicted molar refractivity (Wildman–Crippen MR) is 63.4 cm³/mol. The molecular formula is C10H16F3N3S. The van der Waals surface area contributed by atoms with Gasteiger partial charge in [0, 0.05) is 24.2 Å². The van der Waals surface area contributed by atoms with Crippen LogP contribution in [0.1, 0.15) is 18.2 Å². The fourth-order valence-corrected chi connectivity index (χ4v) is 2.37. The van der Waals surface area contributed by atoms with Gasteiger partial charge in [0.15, 0.2) is 5.13 Å². The zero-order valence-electron chi connectivity index (χ0n) is 9.84. The largest absolute Gasteiger partial charge is 0.406 e. The molecule has 7 heteroatoms. The standard InChI is InChI=1S/C10H16F3N3S/c1-3-4-16(7-10(11,12)13)9-15-6-8(17-9)5-14-2/h6,14H,3-5,7H2,1-2H3. The van der Waals surface area contributed by atoms with Crippen LogP contribution >= 0.6 is 11.3 Å². The zero-order chi connectivity index (χ0) is 12.9. The molecule has 0 spiro atoms. The molecule has 0 aliphatic rings. The lowest BCUT2D eigenvalue weighted by atomic mass is 10.4. The van der Waals surface area contributed by atoms with E-state index in [0.29, 0.717) is 24.6 Å². The first-order chi connectivity index (χ1) is 7.96. The summed E-state index contributed by atoms with van der Waals surface area (Å²) in [5, 5.41) is 3.39. The van der Waals surface area contributed by atoms with Crippen molar-refractivity contribution < 1.29 is 13.2 Å². The highest BCUT2D eigenvalue weighted by Crippen LogP contribution is 2.26. The highest BCUT2D eigenvalue weighted by Gasteiger charge is 2.31. The maximum Gasteiger partial charge on any atom is 0.406 e. The number of hydrogen-bond donors (Lipinski definition) is 1. The lowest BCUT2D eigenvalue weighted by molar-refractivity contribution is -0.119. The van der Waals surface area contributed by atoms with Gasteiger partial charge in [0.1, 0.15) is 6.54 Å². The van der Waals surface area contributed by atoms with E-state index >= 15 is 0 Å². The van der Waals surface area contributed by atoms with Crippen LogP contribution in [0, 0.1) is 0 Å². The van der Waals surface area contributed by atoms with Crippen LogP contribution in [-0.2, 0) is 6.54 Å². The molecule has 0 bridgehead atoms. The third kappa shape index (κ3) is 4.91. The highest BCUT2D eigenvalue weighted by molar-refractivity contribution is 7.15. The second-order valence-electron chi connectivity index (χ2n) is 3.68. The molecule has 0 fully saturated rings. The van der Waals surface area contributed by atoms with E-state index < -0.39 is 12.7 Å². The number of aromatic nitrogens is 1. The first kappa shape index (κ1) is 14.2. The summed E-state index contributed by atoms with van der Waals surface area (Å²) in [6.45, 7) is 1.91. The van der Waals surface area contributed by atoms with E-state index in [1.807, 2.05) is 6.92 Å². The van der Waals surface area contributed by atoms with Crippen molar-refractivity contribution in [3.8, 4) is 0 Å². The number of nitrogens with zero attached hydrogens (tertiary/aromatic N) is 2. The molecule has 0 saturated heterocycles. The molecule has 0 radical (unpaired) electrons.